The Morgan fingerprint density at radius 2 is 1.91 bits per heavy atom. The highest BCUT2D eigenvalue weighted by atomic mass is 16.3. The van der Waals surface area contributed by atoms with E-state index in [1.807, 2.05) is 54.4 Å². The summed E-state index contributed by atoms with van der Waals surface area (Å²) in [5, 5.41) is 25.5. The lowest BCUT2D eigenvalue weighted by Gasteiger charge is -2.35. The smallest absolute Gasteiger partial charge is 0.256 e. The minimum Gasteiger partial charge on any atom is -0.378 e. The molecular formula is C22H24N8O2. The number of aryl methyl sites for hydroxylation is 1. The van der Waals surface area contributed by atoms with E-state index in [9.17, 15) is 9.90 Å². The number of H-pyrrole nitrogens is 1. The van der Waals surface area contributed by atoms with Crippen LogP contribution in [-0.4, -0.2) is 66.9 Å². The van der Waals surface area contributed by atoms with Crippen molar-refractivity contribution in [1.82, 2.24) is 29.7 Å². The van der Waals surface area contributed by atoms with Crippen LogP contribution in [0.1, 0.15) is 17.4 Å². The number of fused-ring (bicyclic) bond motifs is 1. The summed E-state index contributed by atoms with van der Waals surface area (Å²) in [6.45, 7) is 4.04. The lowest BCUT2D eigenvalue weighted by molar-refractivity contribution is -0.140. The number of aromatic amines is 1. The van der Waals surface area contributed by atoms with Crippen LogP contribution in [0.2, 0.25) is 0 Å². The Labute approximate surface area is 184 Å². The lowest BCUT2D eigenvalue weighted by atomic mass is 10.1. The Bertz CT molecular complexity index is 1230. The number of hydrogen-bond donors (Lipinski definition) is 3. The van der Waals surface area contributed by atoms with Crippen LogP contribution in [-0.2, 0) is 4.79 Å². The van der Waals surface area contributed by atoms with Gasteiger partial charge in [0.05, 0.1) is 0 Å². The van der Waals surface area contributed by atoms with Gasteiger partial charge in [-0.05, 0) is 24.6 Å². The van der Waals surface area contributed by atoms with Crippen LogP contribution in [0.3, 0.4) is 0 Å². The number of aromatic nitrogens is 5. The number of nitrogens with one attached hydrogen (secondary N) is 2. The molecule has 1 saturated heterocycles. The molecule has 10 heteroatoms. The van der Waals surface area contributed by atoms with Crippen molar-refractivity contribution < 1.29 is 9.90 Å². The van der Waals surface area contributed by atoms with Gasteiger partial charge in [-0.25, -0.2) is 4.52 Å². The van der Waals surface area contributed by atoms with Gasteiger partial charge in [-0.1, -0.05) is 30.3 Å². The normalized spacial score (nSPS) is 15.2. The number of amides is 1. The van der Waals surface area contributed by atoms with E-state index in [1.54, 1.807) is 21.5 Å². The maximum absolute atomic E-state index is 12.7. The molecule has 0 saturated carbocycles. The van der Waals surface area contributed by atoms with Crippen LogP contribution < -0.4 is 10.2 Å². The molecule has 32 heavy (non-hydrogen) atoms. The van der Waals surface area contributed by atoms with E-state index < -0.39 is 6.10 Å². The van der Waals surface area contributed by atoms with Crippen LogP contribution >= 0.6 is 0 Å². The standard InChI is InChI=1S/C22H24N8O2/c1-15-14-18(26-25-15)23-20-17-8-5-9-30(17)27-22(24-20)29-12-10-28(11-13-29)21(32)19(31)16-6-3-2-4-7-16/h2-9,14,19,31H,10-13H2,1H3,(H2,23,24,25,26,27). The van der Waals surface area contributed by atoms with Crippen molar-refractivity contribution in [3.8, 4) is 0 Å². The number of carbonyl (C=O) groups excluding carboxylic acids is 1. The Morgan fingerprint density at radius 1 is 1.12 bits per heavy atom. The maximum atomic E-state index is 12.7. The monoisotopic (exact) mass is 432 g/mol. The molecule has 164 valence electrons. The number of anilines is 3. The van der Waals surface area contributed by atoms with Crippen molar-refractivity contribution in [3.05, 3.63) is 66.0 Å². The predicted molar refractivity (Wildman–Crippen MR) is 120 cm³/mol. The third-order valence-corrected chi connectivity index (χ3v) is 5.56. The summed E-state index contributed by atoms with van der Waals surface area (Å²) in [6.07, 6.45) is 0.723. The summed E-state index contributed by atoms with van der Waals surface area (Å²) in [7, 11) is 0. The molecule has 10 nitrogen and oxygen atoms in total. The number of piperazine rings is 1. The zero-order valence-corrected chi connectivity index (χ0v) is 17.6. The molecular weight excluding hydrogens is 408 g/mol. The number of carbonyl (C=O) groups is 1. The van der Waals surface area contributed by atoms with Gasteiger partial charge >= 0.3 is 0 Å². The molecule has 1 aliphatic rings. The second kappa shape index (κ2) is 8.31. The summed E-state index contributed by atoms with van der Waals surface area (Å²) in [6, 6.07) is 14.8. The van der Waals surface area contributed by atoms with Crippen molar-refractivity contribution >= 4 is 29.0 Å². The van der Waals surface area contributed by atoms with Crippen molar-refractivity contribution in [3.63, 3.8) is 0 Å². The molecule has 1 atom stereocenters. The number of aliphatic hydroxyl groups is 1. The van der Waals surface area contributed by atoms with Crippen LogP contribution in [0.25, 0.3) is 5.52 Å². The molecule has 1 fully saturated rings. The third kappa shape index (κ3) is 3.87. The second-order valence-electron chi connectivity index (χ2n) is 7.79. The van der Waals surface area contributed by atoms with Crippen molar-refractivity contribution in [2.45, 2.75) is 13.0 Å². The first-order chi connectivity index (χ1) is 15.6. The van der Waals surface area contributed by atoms with Crippen molar-refractivity contribution in [2.24, 2.45) is 0 Å². The molecule has 0 spiro atoms. The van der Waals surface area contributed by atoms with E-state index >= 15 is 0 Å². The molecule has 3 aromatic heterocycles. The van der Waals surface area contributed by atoms with Gasteiger partial charge in [0.25, 0.3) is 5.91 Å². The van der Waals surface area contributed by atoms with Gasteiger partial charge in [-0.3, -0.25) is 9.89 Å². The molecule has 1 aliphatic heterocycles. The van der Waals surface area contributed by atoms with E-state index in [4.69, 9.17) is 4.98 Å². The molecule has 1 aromatic carbocycles. The quantitative estimate of drug-likeness (QED) is 0.441. The molecule has 0 aliphatic carbocycles. The molecule has 0 radical (unpaired) electrons. The molecule has 1 amide bonds. The van der Waals surface area contributed by atoms with Crippen LogP contribution in [0, 0.1) is 6.92 Å². The number of hydrogen-bond acceptors (Lipinski definition) is 7. The highest BCUT2D eigenvalue weighted by Gasteiger charge is 2.28. The molecule has 1 unspecified atom stereocenters. The fourth-order valence-corrected chi connectivity index (χ4v) is 3.83. The number of aliphatic hydroxyl groups excluding tert-OH is 1. The van der Waals surface area contributed by atoms with Crippen molar-refractivity contribution in [2.75, 3.05) is 36.4 Å². The Kier molecular flexibility index (Phi) is 5.20. The SMILES string of the molecule is Cc1cc(Nc2nc(N3CCN(C(=O)C(O)c4ccccc4)CC3)nn3cccc23)n[nH]1. The number of rotatable bonds is 5. The summed E-state index contributed by atoms with van der Waals surface area (Å²) in [4.78, 5) is 21.2. The van der Waals surface area contributed by atoms with E-state index in [1.165, 1.54) is 0 Å². The fourth-order valence-electron chi connectivity index (χ4n) is 3.83. The van der Waals surface area contributed by atoms with Crippen molar-refractivity contribution in [1.29, 1.82) is 0 Å². The van der Waals surface area contributed by atoms with Crippen LogP contribution in [0.4, 0.5) is 17.6 Å². The highest BCUT2D eigenvalue weighted by Crippen LogP contribution is 2.23. The van der Waals surface area contributed by atoms with Gasteiger partial charge in [-0.2, -0.15) is 10.1 Å². The molecule has 5 rings (SSSR count). The zero-order valence-electron chi connectivity index (χ0n) is 17.6. The average Bonchev–Trinajstić information content (AvgIpc) is 3.47. The summed E-state index contributed by atoms with van der Waals surface area (Å²) in [5.74, 6) is 1.62. The van der Waals surface area contributed by atoms with Gasteiger partial charge in [0.15, 0.2) is 17.7 Å². The minimum atomic E-state index is -1.15. The maximum Gasteiger partial charge on any atom is 0.256 e. The van der Waals surface area contributed by atoms with Gasteiger partial charge in [-0.15, -0.1) is 5.10 Å². The first-order valence-electron chi connectivity index (χ1n) is 10.5. The van der Waals surface area contributed by atoms with Gasteiger partial charge in [0, 0.05) is 44.1 Å². The van der Waals surface area contributed by atoms with E-state index in [0.29, 0.717) is 49.3 Å². The fraction of sp³-hybridized carbons (Fsp3) is 0.273. The van der Waals surface area contributed by atoms with Crippen LogP contribution in [0.15, 0.2) is 54.7 Å². The topological polar surface area (TPSA) is 115 Å². The summed E-state index contributed by atoms with van der Waals surface area (Å²) < 4.78 is 1.78. The van der Waals surface area contributed by atoms with E-state index in [2.05, 4.69) is 20.6 Å². The molecule has 0 bridgehead atoms. The molecule has 3 N–H and O–H groups in total. The summed E-state index contributed by atoms with van der Waals surface area (Å²) in [5.41, 5.74) is 2.39. The third-order valence-electron chi connectivity index (χ3n) is 5.56. The first-order valence-corrected chi connectivity index (χ1v) is 10.5. The van der Waals surface area contributed by atoms with E-state index in [-0.39, 0.29) is 5.91 Å². The second-order valence-corrected chi connectivity index (χ2v) is 7.79. The van der Waals surface area contributed by atoms with Gasteiger partial charge in [0.2, 0.25) is 5.95 Å². The molecule has 4 heterocycles. The van der Waals surface area contributed by atoms with E-state index in [0.717, 1.165) is 11.2 Å². The summed E-state index contributed by atoms with van der Waals surface area (Å²) >= 11 is 0. The number of nitrogens with zero attached hydrogens (tertiary/aromatic N) is 6. The average molecular weight is 432 g/mol. The zero-order chi connectivity index (χ0) is 22.1. The largest absolute Gasteiger partial charge is 0.378 e. The highest BCUT2D eigenvalue weighted by molar-refractivity contribution is 5.82. The van der Waals surface area contributed by atoms with Crippen LogP contribution in [0.5, 0.6) is 0 Å². The molecule has 4 aromatic rings. The number of benzene rings is 1. The van der Waals surface area contributed by atoms with Gasteiger partial charge in [0.1, 0.15) is 5.52 Å². The Morgan fingerprint density at radius 3 is 2.62 bits per heavy atom. The minimum absolute atomic E-state index is 0.283. The van der Waals surface area contributed by atoms with Gasteiger partial charge < -0.3 is 20.2 Å². The predicted octanol–water partition coefficient (Wildman–Crippen LogP) is 1.89. The lowest BCUT2D eigenvalue weighted by Crippen LogP contribution is -2.50. The first kappa shape index (κ1) is 20.0. The Balaban J connectivity index is 1.31. The Hall–Kier alpha value is -3.92.